The van der Waals surface area contributed by atoms with Crippen molar-refractivity contribution >= 4 is 51.0 Å². The van der Waals surface area contributed by atoms with Gasteiger partial charge < -0.3 is 15.4 Å². The summed E-state index contributed by atoms with van der Waals surface area (Å²) in [6.45, 7) is 2.95. The molecule has 0 fully saturated rings. The molecule has 1 aliphatic heterocycles. The molecule has 2 aromatic carbocycles. The van der Waals surface area contributed by atoms with Gasteiger partial charge in [-0.1, -0.05) is 57.9 Å². The maximum Gasteiger partial charge on any atom is 0.342 e. The van der Waals surface area contributed by atoms with Crippen molar-refractivity contribution < 1.29 is 19.1 Å². The van der Waals surface area contributed by atoms with Crippen molar-refractivity contribution in [1.82, 2.24) is 10.6 Å². The van der Waals surface area contributed by atoms with E-state index in [4.69, 9.17) is 16.3 Å². The van der Waals surface area contributed by atoms with Crippen LogP contribution in [0, 0.1) is 0 Å². The predicted octanol–water partition coefficient (Wildman–Crippen LogP) is 3.80. The standard InChI is InChI=1S/C22H20BrClN2O4/c1-3-30-21(29)22(26-13(2)27)17(16-6-4-5-7-18(16)23)12-19(25-20(22)28)14-8-10-15(24)11-9-14/h4-12,17H,3H2,1-2H3,(H,25,28)(H,26,27). The predicted molar refractivity (Wildman–Crippen MR) is 118 cm³/mol. The highest BCUT2D eigenvalue weighted by molar-refractivity contribution is 9.10. The molecule has 2 atom stereocenters. The van der Waals surface area contributed by atoms with Crippen LogP contribution in [-0.4, -0.2) is 29.9 Å². The summed E-state index contributed by atoms with van der Waals surface area (Å²) in [7, 11) is 0. The molecule has 2 unspecified atom stereocenters. The lowest BCUT2D eigenvalue weighted by Crippen LogP contribution is -2.68. The lowest BCUT2D eigenvalue weighted by Gasteiger charge is -2.40. The Morgan fingerprint density at radius 2 is 1.87 bits per heavy atom. The largest absolute Gasteiger partial charge is 0.464 e. The summed E-state index contributed by atoms with van der Waals surface area (Å²) >= 11 is 9.48. The Kier molecular flexibility index (Phi) is 6.63. The average molecular weight is 492 g/mol. The van der Waals surface area contributed by atoms with Gasteiger partial charge in [-0.2, -0.15) is 0 Å². The van der Waals surface area contributed by atoms with Gasteiger partial charge in [0.2, 0.25) is 11.4 Å². The molecule has 2 amide bonds. The number of hydrogen-bond donors (Lipinski definition) is 2. The van der Waals surface area contributed by atoms with E-state index in [-0.39, 0.29) is 6.61 Å². The Morgan fingerprint density at radius 1 is 1.20 bits per heavy atom. The van der Waals surface area contributed by atoms with Crippen LogP contribution in [0.15, 0.2) is 59.1 Å². The van der Waals surface area contributed by atoms with Crippen LogP contribution >= 0.6 is 27.5 Å². The van der Waals surface area contributed by atoms with Gasteiger partial charge in [-0.15, -0.1) is 0 Å². The first kappa shape index (κ1) is 22.1. The Bertz CT molecular complexity index is 1020. The van der Waals surface area contributed by atoms with Crippen LogP contribution in [0.4, 0.5) is 0 Å². The van der Waals surface area contributed by atoms with E-state index >= 15 is 0 Å². The van der Waals surface area contributed by atoms with E-state index in [2.05, 4.69) is 26.6 Å². The quantitative estimate of drug-likeness (QED) is 0.492. The first-order valence-electron chi connectivity index (χ1n) is 9.29. The molecular formula is C22H20BrClN2O4. The normalized spacial score (nSPS) is 20.7. The second kappa shape index (κ2) is 9.02. The van der Waals surface area contributed by atoms with E-state index < -0.39 is 29.2 Å². The second-order valence-electron chi connectivity index (χ2n) is 6.75. The average Bonchev–Trinajstić information content (AvgIpc) is 2.70. The van der Waals surface area contributed by atoms with E-state index in [1.165, 1.54) is 6.92 Å². The summed E-state index contributed by atoms with van der Waals surface area (Å²) < 4.78 is 5.92. The first-order chi connectivity index (χ1) is 14.3. The molecule has 8 heteroatoms. The van der Waals surface area contributed by atoms with Crippen LogP contribution in [0.1, 0.15) is 30.9 Å². The van der Waals surface area contributed by atoms with Gasteiger partial charge in [0.1, 0.15) is 0 Å². The number of esters is 1. The Labute approximate surface area is 187 Å². The molecule has 0 saturated carbocycles. The second-order valence-corrected chi connectivity index (χ2v) is 8.04. The van der Waals surface area contributed by atoms with Crippen LogP contribution in [0.25, 0.3) is 5.70 Å². The number of amides is 2. The van der Waals surface area contributed by atoms with Crippen molar-refractivity contribution in [3.8, 4) is 0 Å². The van der Waals surface area contributed by atoms with Gasteiger partial charge in [0.25, 0.3) is 5.91 Å². The molecule has 30 heavy (non-hydrogen) atoms. The van der Waals surface area contributed by atoms with Gasteiger partial charge in [0.05, 0.1) is 6.61 Å². The van der Waals surface area contributed by atoms with Crippen molar-refractivity contribution in [1.29, 1.82) is 0 Å². The number of hydrogen-bond acceptors (Lipinski definition) is 4. The highest BCUT2D eigenvalue weighted by Gasteiger charge is 2.57. The minimum atomic E-state index is -1.96. The van der Waals surface area contributed by atoms with Gasteiger partial charge >= 0.3 is 5.97 Å². The minimum Gasteiger partial charge on any atom is -0.464 e. The summed E-state index contributed by atoms with van der Waals surface area (Å²) in [4.78, 5) is 38.6. The van der Waals surface area contributed by atoms with Crippen LogP contribution < -0.4 is 10.6 Å². The van der Waals surface area contributed by atoms with Gasteiger partial charge in [0, 0.05) is 28.0 Å². The molecule has 2 N–H and O–H groups in total. The van der Waals surface area contributed by atoms with Crippen molar-refractivity contribution in [2.45, 2.75) is 25.3 Å². The smallest absolute Gasteiger partial charge is 0.342 e. The molecule has 0 aliphatic carbocycles. The Hall–Kier alpha value is -2.64. The highest BCUT2D eigenvalue weighted by Crippen LogP contribution is 2.40. The summed E-state index contributed by atoms with van der Waals surface area (Å²) in [5, 5.41) is 5.89. The summed E-state index contributed by atoms with van der Waals surface area (Å²) in [6.07, 6.45) is 1.75. The third-order valence-corrected chi connectivity index (χ3v) is 5.75. The zero-order chi connectivity index (χ0) is 21.9. The summed E-state index contributed by atoms with van der Waals surface area (Å²) in [5.74, 6) is -2.86. The third-order valence-electron chi connectivity index (χ3n) is 4.77. The SMILES string of the molecule is CCOC(=O)C1(NC(C)=O)C(=O)NC(c2ccc(Cl)cc2)=CC1c1ccccc1Br. The monoisotopic (exact) mass is 490 g/mol. The van der Waals surface area contributed by atoms with Crippen molar-refractivity contribution in [2.24, 2.45) is 0 Å². The minimum absolute atomic E-state index is 0.0594. The molecule has 1 heterocycles. The lowest BCUT2D eigenvalue weighted by molar-refractivity contribution is -0.158. The van der Waals surface area contributed by atoms with E-state index in [1.54, 1.807) is 55.5 Å². The van der Waals surface area contributed by atoms with Crippen molar-refractivity contribution in [2.75, 3.05) is 6.61 Å². The molecule has 3 rings (SSSR count). The number of carbonyl (C=O) groups excluding carboxylic acids is 3. The van der Waals surface area contributed by atoms with E-state index in [1.807, 2.05) is 6.07 Å². The fraction of sp³-hybridized carbons (Fsp3) is 0.227. The van der Waals surface area contributed by atoms with Gasteiger partial charge in [-0.25, -0.2) is 4.79 Å². The maximum absolute atomic E-state index is 13.4. The number of rotatable bonds is 5. The molecule has 0 spiro atoms. The maximum atomic E-state index is 13.4. The van der Waals surface area contributed by atoms with Gasteiger partial charge in [0.15, 0.2) is 0 Å². The Morgan fingerprint density at radius 3 is 2.47 bits per heavy atom. The number of benzene rings is 2. The topological polar surface area (TPSA) is 84.5 Å². The fourth-order valence-corrected chi connectivity index (χ4v) is 4.13. The molecule has 6 nitrogen and oxygen atoms in total. The summed E-state index contributed by atoms with van der Waals surface area (Å²) in [6, 6.07) is 14.2. The van der Waals surface area contributed by atoms with Crippen molar-refractivity contribution in [3.05, 3.63) is 75.2 Å². The van der Waals surface area contributed by atoms with Gasteiger partial charge in [-0.05, 0) is 42.3 Å². The summed E-state index contributed by atoms with van der Waals surface area (Å²) in [5.41, 5.74) is -0.0878. The molecule has 0 saturated heterocycles. The molecule has 2 aromatic rings. The molecule has 1 aliphatic rings. The number of carbonyl (C=O) groups is 3. The number of halogens is 2. The fourth-order valence-electron chi connectivity index (χ4n) is 3.47. The molecule has 0 radical (unpaired) electrons. The molecular weight excluding hydrogens is 472 g/mol. The number of nitrogens with one attached hydrogen (secondary N) is 2. The molecule has 0 bridgehead atoms. The van der Waals surface area contributed by atoms with Crippen LogP contribution in [0.2, 0.25) is 5.02 Å². The van der Waals surface area contributed by atoms with E-state index in [0.717, 1.165) is 0 Å². The highest BCUT2D eigenvalue weighted by atomic mass is 79.9. The molecule has 0 aromatic heterocycles. The van der Waals surface area contributed by atoms with Crippen molar-refractivity contribution in [3.63, 3.8) is 0 Å². The van der Waals surface area contributed by atoms with Gasteiger partial charge in [-0.3, -0.25) is 9.59 Å². The zero-order valence-electron chi connectivity index (χ0n) is 16.4. The first-order valence-corrected chi connectivity index (χ1v) is 10.5. The lowest BCUT2D eigenvalue weighted by atomic mass is 9.75. The van der Waals surface area contributed by atoms with Crippen LogP contribution in [-0.2, 0) is 19.1 Å². The Balaban J connectivity index is 2.25. The number of ether oxygens (including phenoxy) is 1. The van der Waals surface area contributed by atoms with E-state index in [0.29, 0.717) is 26.3 Å². The molecule has 156 valence electrons. The third kappa shape index (κ3) is 4.13. The van der Waals surface area contributed by atoms with E-state index in [9.17, 15) is 14.4 Å². The van der Waals surface area contributed by atoms with Crippen LogP contribution in [0.3, 0.4) is 0 Å². The van der Waals surface area contributed by atoms with Crippen LogP contribution in [0.5, 0.6) is 0 Å². The zero-order valence-corrected chi connectivity index (χ0v) is 18.7.